The number of nitrogens with one attached hydrogen (secondary N) is 1. The zero-order valence-electron chi connectivity index (χ0n) is 13.4. The highest BCUT2D eigenvalue weighted by atomic mass is 32.2. The number of nitrogens with zero attached hydrogens (tertiary/aromatic N) is 1. The second-order valence-electron chi connectivity index (χ2n) is 5.28. The second-order valence-corrected chi connectivity index (χ2v) is 8.42. The van der Waals surface area contributed by atoms with Crippen molar-refractivity contribution in [1.29, 1.82) is 0 Å². The molecule has 0 radical (unpaired) electrons. The molecule has 0 saturated carbocycles. The van der Waals surface area contributed by atoms with Gasteiger partial charge in [-0.05, 0) is 36.4 Å². The zero-order chi connectivity index (χ0) is 17.9. The molecular weight excluding hydrogens is 360 g/mol. The van der Waals surface area contributed by atoms with E-state index in [1.165, 1.54) is 30.6 Å². The highest BCUT2D eigenvalue weighted by Crippen LogP contribution is 2.25. The number of aromatic nitrogens is 1. The van der Waals surface area contributed by atoms with Gasteiger partial charge in [0.05, 0.1) is 28.0 Å². The van der Waals surface area contributed by atoms with Gasteiger partial charge >= 0.3 is 0 Å². The van der Waals surface area contributed by atoms with E-state index in [9.17, 15) is 13.2 Å². The number of benzene rings is 2. The summed E-state index contributed by atoms with van der Waals surface area (Å²) in [4.78, 5) is 16.5. The van der Waals surface area contributed by atoms with Gasteiger partial charge in [0, 0.05) is 6.42 Å². The predicted molar refractivity (Wildman–Crippen MR) is 97.9 cm³/mol. The molecule has 3 rings (SSSR count). The molecule has 1 heterocycles. The number of methoxy groups -OCH3 is 1. The van der Waals surface area contributed by atoms with Crippen LogP contribution in [0.5, 0.6) is 5.75 Å². The van der Waals surface area contributed by atoms with Gasteiger partial charge < -0.3 is 10.1 Å². The number of ether oxygens (including phenoxy) is 1. The number of anilines is 1. The molecule has 1 N–H and O–H groups in total. The number of fused-ring (bicyclic) bond motifs is 1. The summed E-state index contributed by atoms with van der Waals surface area (Å²) in [6, 6.07) is 13.6. The van der Waals surface area contributed by atoms with Crippen LogP contribution in [0.2, 0.25) is 0 Å². The van der Waals surface area contributed by atoms with Gasteiger partial charge in [0.2, 0.25) is 5.91 Å². The van der Waals surface area contributed by atoms with Gasteiger partial charge in [0.1, 0.15) is 5.75 Å². The number of carbonyl (C=O) groups excluding carboxylic acids is 1. The van der Waals surface area contributed by atoms with Gasteiger partial charge in [-0.2, -0.15) is 0 Å². The van der Waals surface area contributed by atoms with E-state index in [0.717, 1.165) is 10.2 Å². The molecule has 0 unspecified atom stereocenters. The minimum Gasteiger partial charge on any atom is -0.497 e. The fourth-order valence-electron chi connectivity index (χ4n) is 2.24. The Morgan fingerprint density at radius 2 is 1.88 bits per heavy atom. The molecule has 8 heteroatoms. The van der Waals surface area contributed by atoms with Crippen molar-refractivity contribution in [1.82, 2.24) is 4.98 Å². The largest absolute Gasteiger partial charge is 0.497 e. The Labute approximate surface area is 149 Å². The molecule has 0 saturated heterocycles. The topological polar surface area (TPSA) is 85.4 Å². The minimum atomic E-state index is -3.53. The van der Waals surface area contributed by atoms with Gasteiger partial charge in [0.25, 0.3) is 0 Å². The van der Waals surface area contributed by atoms with E-state index >= 15 is 0 Å². The first-order valence-electron chi connectivity index (χ1n) is 7.50. The summed E-state index contributed by atoms with van der Waals surface area (Å²) in [5, 5.41) is 3.12. The number of para-hydroxylation sites is 1. The molecule has 0 aliphatic heterocycles. The van der Waals surface area contributed by atoms with Crippen LogP contribution < -0.4 is 10.1 Å². The van der Waals surface area contributed by atoms with Crippen LogP contribution in [-0.4, -0.2) is 32.2 Å². The predicted octanol–water partition coefficient (Wildman–Crippen LogP) is 3.11. The highest BCUT2D eigenvalue weighted by Gasteiger charge is 2.17. The molecule has 3 aromatic rings. The normalized spacial score (nSPS) is 11.4. The lowest BCUT2D eigenvalue weighted by Gasteiger charge is -2.06. The monoisotopic (exact) mass is 376 g/mol. The summed E-state index contributed by atoms with van der Waals surface area (Å²) in [6.07, 6.45) is -0.135. The molecule has 1 aromatic heterocycles. The summed E-state index contributed by atoms with van der Waals surface area (Å²) in [7, 11) is -2.02. The molecule has 25 heavy (non-hydrogen) atoms. The fourth-order valence-corrected chi connectivity index (χ4v) is 4.36. The Hall–Kier alpha value is -2.45. The van der Waals surface area contributed by atoms with Crippen LogP contribution in [0.15, 0.2) is 53.4 Å². The number of carbonyl (C=O) groups is 1. The van der Waals surface area contributed by atoms with Gasteiger partial charge in [-0.15, -0.1) is 0 Å². The summed E-state index contributed by atoms with van der Waals surface area (Å²) in [5.74, 6) is -0.0700. The summed E-state index contributed by atoms with van der Waals surface area (Å²) in [6.45, 7) is 0. The van der Waals surface area contributed by atoms with Crippen molar-refractivity contribution < 1.29 is 17.9 Å². The average molecular weight is 376 g/mol. The van der Waals surface area contributed by atoms with Crippen molar-refractivity contribution in [2.45, 2.75) is 11.3 Å². The van der Waals surface area contributed by atoms with E-state index in [4.69, 9.17) is 4.74 Å². The molecule has 0 aliphatic carbocycles. The number of sulfone groups is 1. The smallest absolute Gasteiger partial charge is 0.227 e. The van der Waals surface area contributed by atoms with Gasteiger partial charge in [-0.25, -0.2) is 13.4 Å². The number of thiazole rings is 1. The quantitative estimate of drug-likeness (QED) is 0.714. The third kappa shape index (κ3) is 4.15. The van der Waals surface area contributed by atoms with Crippen molar-refractivity contribution >= 4 is 42.4 Å². The van der Waals surface area contributed by atoms with Crippen LogP contribution in [0, 0.1) is 0 Å². The Bertz CT molecular complexity index is 962. The Morgan fingerprint density at radius 3 is 2.56 bits per heavy atom. The maximum atomic E-state index is 12.3. The van der Waals surface area contributed by atoms with Crippen molar-refractivity contribution in [3.05, 3.63) is 48.5 Å². The van der Waals surface area contributed by atoms with E-state index in [1.807, 2.05) is 24.3 Å². The zero-order valence-corrected chi connectivity index (χ0v) is 15.1. The standard InChI is InChI=1S/C17H16N2O4S2/c1-23-12-6-8-13(9-7-12)25(21,22)11-10-16(20)19-17-18-14-4-2-3-5-15(14)24-17/h2-9H,10-11H2,1H3,(H,18,19,20). The molecule has 2 aromatic carbocycles. The van der Waals surface area contributed by atoms with E-state index in [-0.39, 0.29) is 23.0 Å². The van der Waals surface area contributed by atoms with Crippen molar-refractivity contribution in [3.8, 4) is 5.75 Å². The molecule has 0 bridgehead atoms. The first-order chi connectivity index (χ1) is 12.0. The Morgan fingerprint density at radius 1 is 1.16 bits per heavy atom. The average Bonchev–Trinajstić information content (AvgIpc) is 3.02. The van der Waals surface area contributed by atoms with Crippen molar-refractivity contribution in [3.63, 3.8) is 0 Å². The van der Waals surface area contributed by atoms with Gasteiger partial charge in [-0.3, -0.25) is 4.79 Å². The highest BCUT2D eigenvalue weighted by molar-refractivity contribution is 7.91. The molecule has 1 amide bonds. The number of hydrogen-bond acceptors (Lipinski definition) is 6. The lowest BCUT2D eigenvalue weighted by molar-refractivity contribution is -0.115. The molecule has 130 valence electrons. The van der Waals surface area contributed by atoms with Crippen LogP contribution in [-0.2, 0) is 14.6 Å². The summed E-state index contributed by atoms with van der Waals surface area (Å²) in [5.41, 5.74) is 0.800. The maximum Gasteiger partial charge on any atom is 0.227 e. The lowest BCUT2D eigenvalue weighted by Crippen LogP contribution is -2.17. The van der Waals surface area contributed by atoms with Crippen molar-refractivity contribution in [2.24, 2.45) is 0 Å². The SMILES string of the molecule is COc1ccc(S(=O)(=O)CCC(=O)Nc2nc3ccccc3s2)cc1. The number of rotatable bonds is 6. The third-order valence-electron chi connectivity index (χ3n) is 3.56. The molecule has 0 aliphatic rings. The molecule has 0 spiro atoms. The molecule has 0 atom stereocenters. The molecular formula is C17H16N2O4S2. The Kier molecular flexibility index (Phi) is 5.00. The Balaban J connectivity index is 1.62. The molecule has 6 nitrogen and oxygen atoms in total. The van der Waals surface area contributed by atoms with Crippen LogP contribution in [0.3, 0.4) is 0 Å². The van der Waals surface area contributed by atoms with E-state index in [1.54, 1.807) is 12.1 Å². The summed E-state index contributed by atoms with van der Waals surface area (Å²) >= 11 is 1.35. The van der Waals surface area contributed by atoms with Crippen LogP contribution in [0.1, 0.15) is 6.42 Å². The summed E-state index contributed by atoms with van der Waals surface area (Å²) < 4.78 is 30.6. The number of hydrogen-bond donors (Lipinski definition) is 1. The second kappa shape index (κ2) is 7.20. The minimum absolute atomic E-state index is 0.135. The van der Waals surface area contributed by atoms with Gasteiger partial charge in [-0.1, -0.05) is 23.5 Å². The third-order valence-corrected chi connectivity index (χ3v) is 6.24. The van der Waals surface area contributed by atoms with E-state index in [0.29, 0.717) is 10.9 Å². The van der Waals surface area contributed by atoms with Crippen LogP contribution in [0.25, 0.3) is 10.2 Å². The first-order valence-corrected chi connectivity index (χ1v) is 9.97. The molecule has 0 fully saturated rings. The van der Waals surface area contributed by atoms with Crippen LogP contribution in [0.4, 0.5) is 5.13 Å². The van der Waals surface area contributed by atoms with Crippen molar-refractivity contribution in [2.75, 3.05) is 18.2 Å². The van der Waals surface area contributed by atoms with E-state index < -0.39 is 9.84 Å². The maximum absolute atomic E-state index is 12.3. The lowest BCUT2D eigenvalue weighted by atomic mass is 10.3. The fraction of sp³-hybridized carbons (Fsp3) is 0.176. The van der Waals surface area contributed by atoms with E-state index in [2.05, 4.69) is 10.3 Å². The number of amides is 1. The van der Waals surface area contributed by atoms with Gasteiger partial charge in [0.15, 0.2) is 15.0 Å². The van der Waals surface area contributed by atoms with Crippen LogP contribution >= 0.6 is 11.3 Å². The first kappa shape index (κ1) is 17.4.